The lowest BCUT2D eigenvalue weighted by molar-refractivity contribution is 0.438. The van der Waals surface area contributed by atoms with Crippen molar-refractivity contribution in [3.05, 3.63) is 30.3 Å². The predicted molar refractivity (Wildman–Crippen MR) is 82.4 cm³/mol. The number of nitrogens with two attached hydrogens (primary N) is 1. The minimum Gasteiger partial charge on any atom is -0.382 e. The van der Waals surface area contributed by atoms with Gasteiger partial charge in [0.25, 0.3) is 0 Å². The van der Waals surface area contributed by atoms with Crippen molar-refractivity contribution < 1.29 is 0 Å². The highest BCUT2D eigenvalue weighted by Crippen LogP contribution is 2.21. The third-order valence-electron chi connectivity index (χ3n) is 3.60. The zero-order valence-corrected chi connectivity index (χ0v) is 12.2. The molecule has 0 aliphatic rings. The van der Waals surface area contributed by atoms with Gasteiger partial charge in [-0.3, -0.25) is 0 Å². The predicted octanol–water partition coefficient (Wildman–Crippen LogP) is 2.52. The molecule has 0 aliphatic carbocycles. The van der Waals surface area contributed by atoms with Crippen molar-refractivity contribution in [3.63, 3.8) is 0 Å². The molecule has 0 radical (unpaired) electrons. The number of nitrogens with zero attached hydrogens (tertiary/aromatic N) is 5. The Balaban J connectivity index is 2.11. The molecule has 2 heterocycles. The molecule has 0 fully saturated rings. The lowest BCUT2D eigenvalue weighted by Crippen LogP contribution is -2.09. The molecule has 0 amide bonds. The van der Waals surface area contributed by atoms with E-state index in [9.17, 15) is 0 Å². The fourth-order valence-corrected chi connectivity index (χ4v) is 2.14. The highest BCUT2D eigenvalue weighted by molar-refractivity contribution is 5.83. The SMILES string of the molecule is CCC(C)Cn1nnc2c(N)nc(-c3ccccc3)nc21. The van der Waals surface area contributed by atoms with E-state index in [-0.39, 0.29) is 0 Å². The number of rotatable bonds is 4. The van der Waals surface area contributed by atoms with E-state index in [0.717, 1.165) is 18.5 Å². The number of hydrogen-bond acceptors (Lipinski definition) is 5. The second kappa shape index (κ2) is 5.47. The summed E-state index contributed by atoms with van der Waals surface area (Å²) in [5, 5.41) is 8.27. The van der Waals surface area contributed by atoms with E-state index in [1.54, 1.807) is 0 Å². The zero-order valence-electron chi connectivity index (χ0n) is 12.2. The molecule has 3 aromatic rings. The van der Waals surface area contributed by atoms with Gasteiger partial charge >= 0.3 is 0 Å². The first kappa shape index (κ1) is 13.5. The number of hydrogen-bond donors (Lipinski definition) is 1. The summed E-state index contributed by atoms with van der Waals surface area (Å²) in [7, 11) is 0. The van der Waals surface area contributed by atoms with Crippen molar-refractivity contribution in [2.45, 2.75) is 26.8 Å². The summed E-state index contributed by atoms with van der Waals surface area (Å²) in [6.07, 6.45) is 1.08. The highest BCUT2D eigenvalue weighted by Gasteiger charge is 2.14. The van der Waals surface area contributed by atoms with Crippen molar-refractivity contribution in [1.29, 1.82) is 0 Å². The van der Waals surface area contributed by atoms with Gasteiger partial charge in [0.15, 0.2) is 22.8 Å². The van der Waals surface area contributed by atoms with Crippen molar-refractivity contribution in [1.82, 2.24) is 25.0 Å². The quantitative estimate of drug-likeness (QED) is 0.795. The van der Waals surface area contributed by atoms with Crippen LogP contribution in [0.15, 0.2) is 30.3 Å². The molecular formula is C15H18N6. The van der Waals surface area contributed by atoms with Gasteiger partial charge in [-0.05, 0) is 5.92 Å². The second-order valence-corrected chi connectivity index (χ2v) is 5.26. The van der Waals surface area contributed by atoms with E-state index in [0.29, 0.717) is 28.7 Å². The maximum Gasteiger partial charge on any atom is 0.184 e. The maximum absolute atomic E-state index is 6.00. The van der Waals surface area contributed by atoms with E-state index >= 15 is 0 Å². The molecule has 1 aromatic carbocycles. The van der Waals surface area contributed by atoms with Crippen molar-refractivity contribution in [2.24, 2.45) is 5.92 Å². The molecule has 1 atom stereocenters. The Bertz CT molecular complexity index is 749. The Morgan fingerprint density at radius 2 is 1.95 bits per heavy atom. The minimum atomic E-state index is 0.370. The molecule has 3 rings (SSSR count). The van der Waals surface area contributed by atoms with Gasteiger partial charge < -0.3 is 5.73 Å². The molecule has 2 N–H and O–H groups in total. The standard InChI is InChI=1S/C15H18N6/c1-3-10(2)9-21-15-12(19-20-21)13(16)17-14(18-15)11-7-5-4-6-8-11/h4-8,10H,3,9H2,1-2H3,(H2,16,17,18). The van der Waals surface area contributed by atoms with Crippen LogP contribution in [0.5, 0.6) is 0 Å². The molecule has 1 unspecified atom stereocenters. The summed E-state index contributed by atoms with van der Waals surface area (Å²) in [6, 6.07) is 9.79. The number of benzene rings is 1. The van der Waals surface area contributed by atoms with Gasteiger partial charge in [0.2, 0.25) is 0 Å². The van der Waals surface area contributed by atoms with Gasteiger partial charge in [0.1, 0.15) is 0 Å². The molecule has 0 bridgehead atoms. The Morgan fingerprint density at radius 3 is 2.67 bits per heavy atom. The Kier molecular flexibility index (Phi) is 3.51. The lowest BCUT2D eigenvalue weighted by Gasteiger charge is -2.08. The first-order valence-electron chi connectivity index (χ1n) is 7.11. The number of anilines is 1. The molecule has 0 aliphatic heterocycles. The van der Waals surface area contributed by atoms with Gasteiger partial charge in [0, 0.05) is 12.1 Å². The first-order chi connectivity index (χ1) is 10.2. The topological polar surface area (TPSA) is 82.5 Å². The average molecular weight is 282 g/mol. The maximum atomic E-state index is 6.00. The van der Waals surface area contributed by atoms with Crippen LogP contribution >= 0.6 is 0 Å². The largest absolute Gasteiger partial charge is 0.382 e. The fraction of sp³-hybridized carbons (Fsp3) is 0.333. The number of nitrogen functional groups attached to an aromatic ring is 1. The summed E-state index contributed by atoms with van der Waals surface area (Å²) in [5.41, 5.74) is 8.20. The fourth-order valence-electron chi connectivity index (χ4n) is 2.14. The molecule has 2 aromatic heterocycles. The summed E-state index contributed by atoms with van der Waals surface area (Å²) in [5.74, 6) is 1.48. The van der Waals surface area contributed by atoms with Crippen LogP contribution in [0.3, 0.4) is 0 Å². The van der Waals surface area contributed by atoms with Crippen LogP contribution in [0.25, 0.3) is 22.6 Å². The third-order valence-corrected chi connectivity index (χ3v) is 3.60. The summed E-state index contributed by atoms with van der Waals surface area (Å²) in [4.78, 5) is 8.94. The van der Waals surface area contributed by atoms with E-state index in [4.69, 9.17) is 5.73 Å². The van der Waals surface area contributed by atoms with Crippen molar-refractivity contribution in [3.8, 4) is 11.4 Å². The molecular weight excluding hydrogens is 264 g/mol. The van der Waals surface area contributed by atoms with E-state index < -0.39 is 0 Å². The smallest absolute Gasteiger partial charge is 0.184 e. The normalized spacial score (nSPS) is 12.7. The Morgan fingerprint density at radius 1 is 1.19 bits per heavy atom. The van der Waals surface area contributed by atoms with Gasteiger partial charge in [-0.2, -0.15) is 0 Å². The summed E-state index contributed by atoms with van der Waals surface area (Å²) < 4.78 is 1.81. The van der Waals surface area contributed by atoms with Crippen LogP contribution in [-0.2, 0) is 6.54 Å². The molecule has 0 saturated carbocycles. The van der Waals surface area contributed by atoms with Crippen molar-refractivity contribution >= 4 is 17.0 Å². The second-order valence-electron chi connectivity index (χ2n) is 5.26. The summed E-state index contributed by atoms with van der Waals surface area (Å²) in [6.45, 7) is 5.11. The van der Waals surface area contributed by atoms with E-state index in [1.807, 2.05) is 35.0 Å². The van der Waals surface area contributed by atoms with Crippen molar-refractivity contribution in [2.75, 3.05) is 5.73 Å². The third kappa shape index (κ3) is 2.56. The first-order valence-corrected chi connectivity index (χ1v) is 7.11. The Labute approximate surface area is 123 Å². The van der Waals surface area contributed by atoms with E-state index in [1.165, 1.54) is 0 Å². The lowest BCUT2D eigenvalue weighted by atomic mass is 10.1. The molecule has 6 heteroatoms. The average Bonchev–Trinajstić information content (AvgIpc) is 2.91. The van der Waals surface area contributed by atoms with Gasteiger partial charge in [-0.1, -0.05) is 55.8 Å². The van der Waals surface area contributed by atoms with Crippen LogP contribution < -0.4 is 5.73 Å². The zero-order chi connectivity index (χ0) is 14.8. The van der Waals surface area contributed by atoms with Crippen LogP contribution in [0.4, 0.5) is 5.82 Å². The van der Waals surface area contributed by atoms with Crippen LogP contribution in [0.2, 0.25) is 0 Å². The highest BCUT2D eigenvalue weighted by atomic mass is 15.4. The van der Waals surface area contributed by atoms with Gasteiger partial charge in [-0.15, -0.1) is 5.10 Å². The molecule has 21 heavy (non-hydrogen) atoms. The summed E-state index contributed by atoms with van der Waals surface area (Å²) >= 11 is 0. The Hall–Kier alpha value is -2.50. The molecule has 0 saturated heterocycles. The van der Waals surface area contributed by atoms with Crippen LogP contribution in [0.1, 0.15) is 20.3 Å². The molecule has 108 valence electrons. The molecule has 0 spiro atoms. The van der Waals surface area contributed by atoms with E-state index in [2.05, 4.69) is 34.1 Å². The van der Waals surface area contributed by atoms with Crippen LogP contribution in [0, 0.1) is 5.92 Å². The minimum absolute atomic E-state index is 0.370. The molecule has 6 nitrogen and oxygen atoms in total. The van der Waals surface area contributed by atoms with Crippen LogP contribution in [-0.4, -0.2) is 25.0 Å². The number of aromatic nitrogens is 5. The monoisotopic (exact) mass is 282 g/mol. The number of fused-ring (bicyclic) bond motifs is 1. The van der Waals surface area contributed by atoms with Gasteiger partial charge in [-0.25, -0.2) is 14.6 Å². The van der Waals surface area contributed by atoms with Gasteiger partial charge in [0.05, 0.1) is 0 Å².